The van der Waals surface area contributed by atoms with Gasteiger partial charge in [-0.1, -0.05) is 11.6 Å². The molecule has 19 heavy (non-hydrogen) atoms. The van der Waals surface area contributed by atoms with Crippen LogP contribution in [0.2, 0.25) is 5.02 Å². The van der Waals surface area contributed by atoms with Gasteiger partial charge in [0.25, 0.3) is 5.91 Å². The number of hydrazine groups is 1. The van der Waals surface area contributed by atoms with Gasteiger partial charge in [-0.05, 0) is 24.3 Å². The number of hydrogen-bond donors (Lipinski definition) is 3. The van der Waals surface area contributed by atoms with Crippen molar-refractivity contribution in [1.29, 1.82) is 0 Å². The second kappa shape index (κ2) is 5.64. The summed E-state index contributed by atoms with van der Waals surface area (Å²) in [5.41, 5.74) is 2.94. The third-order valence-corrected chi connectivity index (χ3v) is 2.63. The molecule has 0 fully saturated rings. The number of nitrogens with one attached hydrogen (secondary N) is 2. The Kier molecular flexibility index (Phi) is 3.94. The Hall–Kier alpha value is -2.18. The predicted molar refractivity (Wildman–Crippen MR) is 71.4 cm³/mol. The van der Waals surface area contributed by atoms with Gasteiger partial charge in [0.2, 0.25) is 0 Å². The Bertz CT molecular complexity index is 620. The fraction of sp³-hybridized carbons (Fsp3) is 0. The second-order valence-electron chi connectivity index (χ2n) is 3.64. The molecule has 7 heteroatoms. The van der Waals surface area contributed by atoms with E-state index in [1.165, 1.54) is 36.7 Å². The zero-order valence-electron chi connectivity index (χ0n) is 9.65. The van der Waals surface area contributed by atoms with Crippen molar-refractivity contribution in [2.24, 2.45) is 5.84 Å². The van der Waals surface area contributed by atoms with Gasteiger partial charge in [0.1, 0.15) is 5.82 Å². The van der Waals surface area contributed by atoms with Crippen molar-refractivity contribution in [1.82, 2.24) is 4.98 Å². The Labute approximate surface area is 113 Å². The molecule has 0 saturated carbocycles. The SMILES string of the molecule is NNc1ccncc1C(=O)Nc1cc(Cl)ccc1F. The van der Waals surface area contributed by atoms with Crippen LogP contribution >= 0.6 is 11.6 Å². The van der Waals surface area contributed by atoms with Gasteiger partial charge in [0.05, 0.1) is 16.9 Å². The Balaban J connectivity index is 2.28. The zero-order chi connectivity index (χ0) is 13.8. The van der Waals surface area contributed by atoms with Crippen molar-refractivity contribution >= 4 is 28.9 Å². The number of nitrogens with two attached hydrogens (primary N) is 1. The highest BCUT2D eigenvalue weighted by atomic mass is 35.5. The Morgan fingerprint density at radius 2 is 2.11 bits per heavy atom. The molecule has 0 bridgehead atoms. The number of carbonyl (C=O) groups excluding carboxylic acids is 1. The van der Waals surface area contributed by atoms with Crippen LogP contribution in [0.15, 0.2) is 36.7 Å². The topological polar surface area (TPSA) is 80.0 Å². The van der Waals surface area contributed by atoms with Crippen molar-refractivity contribution in [3.63, 3.8) is 0 Å². The van der Waals surface area contributed by atoms with Gasteiger partial charge < -0.3 is 10.7 Å². The van der Waals surface area contributed by atoms with E-state index in [0.29, 0.717) is 10.7 Å². The largest absolute Gasteiger partial charge is 0.323 e. The lowest BCUT2D eigenvalue weighted by Gasteiger charge is -2.09. The maximum Gasteiger partial charge on any atom is 0.259 e. The average Bonchev–Trinajstić information content (AvgIpc) is 2.42. The Morgan fingerprint density at radius 1 is 1.32 bits per heavy atom. The first-order chi connectivity index (χ1) is 9.11. The predicted octanol–water partition coefficient (Wildman–Crippen LogP) is 2.41. The number of aromatic nitrogens is 1. The van der Waals surface area contributed by atoms with Crippen LogP contribution in [-0.2, 0) is 0 Å². The number of hydrogen-bond acceptors (Lipinski definition) is 4. The minimum atomic E-state index is -0.580. The van der Waals surface area contributed by atoms with E-state index in [9.17, 15) is 9.18 Å². The molecule has 0 atom stereocenters. The first kappa shape index (κ1) is 13.3. The maximum absolute atomic E-state index is 13.5. The van der Waals surface area contributed by atoms with E-state index in [4.69, 9.17) is 17.4 Å². The smallest absolute Gasteiger partial charge is 0.259 e. The lowest BCUT2D eigenvalue weighted by Crippen LogP contribution is -2.18. The van der Waals surface area contributed by atoms with Crippen LogP contribution in [0.3, 0.4) is 0 Å². The summed E-state index contributed by atoms with van der Waals surface area (Å²) in [6, 6.07) is 5.41. The Morgan fingerprint density at radius 3 is 2.84 bits per heavy atom. The lowest BCUT2D eigenvalue weighted by molar-refractivity contribution is 0.102. The van der Waals surface area contributed by atoms with Gasteiger partial charge in [-0.15, -0.1) is 0 Å². The molecule has 1 heterocycles. The van der Waals surface area contributed by atoms with Crippen molar-refractivity contribution in [2.75, 3.05) is 10.7 Å². The summed E-state index contributed by atoms with van der Waals surface area (Å²) in [5.74, 6) is 4.16. The van der Waals surface area contributed by atoms with E-state index in [2.05, 4.69) is 15.7 Å². The summed E-state index contributed by atoms with van der Waals surface area (Å²) >= 11 is 5.74. The van der Waals surface area contributed by atoms with Gasteiger partial charge in [-0.3, -0.25) is 15.6 Å². The van der Waals surface area contributed by atoms with Gasteiger partial charge in [-0.2, -0.15) is 0 Å². The molecule has 0 aliphatic carbocycles. The van der Waals surface area contributed by atoms with Gasteiger partial charge in [-0.25, -0.2) is 4.39 Å². The average molecular weight is 281 g/mol. The van der Waals surface area contributed by atoms with Crippen LogP contribution in [0.1, 0.15) is 10.4 Å². The fourth-order valence-corrected chi connectivity index (χ4v) is 1.66. The number of amides is 1. The standard InChI is InChI=1S/C12H10ClFN4O/c13-7-1-2-9(14)11(5-7)17-12(19)8-6-16-4-3-10(8)18-15/h1-6H,15H2,(H,16,18)(H,17,19). The molecule has 2 rings (SSSR count). The van der Waals surface area contributed by atoms with Crippen LogP contribution in [0.25, 0.3) is 0 Å². The number of pyridine rings is 1. The summed E-state index contributed by atoms with van der Waals surface area (Å²) < 4.78 is 13.5. The minimum absolute atomic E-state index is 0.00988. The number of benzene rings is 1. The first-order valence-electron chi connectivity index (χ1n) is 5.29. The summed E-state index contributed by atoms with van der Waals surface area (Å²) in [6.45, 7) is 0. The highest BCUT2D eigenvalue weighted by molar-refractivity contribution is 6.31. The molecule has 0 unspecified atom stereocenters. The van der Waals surface area contributed by atoms with Gasteiger partial charge in [0.15, 0.2) is 0 Å². The fourth-order valence-electron chi connectivity index (χ4n) is 1.48. The molecule has 98 valence electrons. The molecule has 4 N–H and O–H groups in total. The minimum Gasteiger partial charge on any atom is -0.323 e. The van der Waals surface area contributed by atoms with E-state index in [1.54, 1.807) is 0 Å². The molecular weight excluding hydrogens is 271 g/mol. The number of anilines is 2. The van der Waals surface area contributed by atoms with Crippen LogP contribution in [0.4, 0.5) is 15.8 Å². The molecular formula is C12H10ClFN4O. The molecule has 5 nitrogen and oxygen atoms in total. The quantitative estimate of drug-likeness (QED) is 0.596. The molecule has 0 radical (unpaired) electrons. The highest BCUT2D eigenvalue weighted by Gasteiger charge is 2.13. The van der Waals surface area contributed by atoms with E-state index in [0.717, 1.165) is 0 Å². The van der Waals surface area contributed by atoms with Crippen LogP contribution in [0, 0.1) is 5.82 Å². The van der Waals surface area contributed by atoms with Crippen molar-refractivity contribution in [3.05, 3.63) is 53.1 Å². The number of nitrogen functional groups attached to an aromatic ring is 1. The van der Waals surface area contributed by atoms with Crippen LogP contribution in [-0.4, -0.2) is 10.9 Å². The van der Waals surface area contributed by atoms with Crippen molar-refractivity contribution in [3.8, 4) is 0 Å². The third kappa shape index (κ3) is 2.98. The second-order valence-corrected chi connectivity index (χ2v) is 4.08. The molecule has 1 aromatic carbocycles. The van der Waals surface area contributed by atoms with E-state index >= 15 is 0 Å². The summed E-state index contributed by atoms with van der Waals surface area (Å²) in [5, 5.41) is 2.73. The number of nitrogens with zero attached hydrogens (tertiary/aromatic N) is 1. The normalized spacial score (nSPS) is 10.1. The molecule has 0 saturated heterocycles. The molecule has 0 spiro atoms. The van der Waals surface area contributed by atoms with Gasteiger partial charge in [0, 0.05) is 17.4 Å². The van der Waals surface area contributed by atoms with Crippen molar-refractivity contribution < 1.29 is 9.18 Å². The summed E-state index contributed by atoms with van der Waals surface area (Å²) in [4.78, 5) is 15.8. The number of carbonyl (C=O) groups is 1. The third-order valence-electron chi connectivity index (χ3n) is 2.40. The van der Waals surface area contributed by atoms with E-state index < -0.39 is 11.7 Å². The number of halogens is 2. The summed E-state index contributed by atoms with van der Waals surface area (Å²) in [7, 11) is 0. The molecule has 0 aliphatic heterocycles. The monoisotopic (exact) mass is 280 g/mol. The molecule has 1 amide bonds. The van der Waals surface area contributed by atoms with Gasteiger partial charge >= 0.3 is 0 Å². The molecule has 2 aromatic rings. The van der Waals surface area contributed by atoms with Crippen molar-refractivity contribution in [2.45, 2.75) is 0 Å². The van der Waals surface area contributed by atoms with E-state index in [1.807, 2.05) is 0 Å². The number of rotatable bonds is 3. The van der Waals surface area contributed by atoms with E-state index in [-0.39, 0.29) is 11.3 Å². The maximum atomic E-state index is 13.5. The lowest BCUT2D eigenvalue weighted by atomic mass is 10.2. The molecule has 0 aliphatic rings. The summed E-state index contributed by atoms with van der Waals surface area (Å²) in [6.07, 6.45) is 2.80. The van der Waals surface area contributed by atoms with Crippen LogP contribution in [0.5, 0.6) is 0 Å². The van der Waals surface area contributed by atoms with Crippen LogP contribution < -0.4 is 16.6 Å². The zero-order valence-corrected chi connectivity index (χ0v) is 10.4. The first-order valence-corrected chi connectivity index (χ1v) is 5.66. The molecule has 1 aromatic heterocycles. The highest BCUT2D eigenvalue weighted by Crippen LogP contribution is 2.21.